The summed E-state index contributed by atoms with van der Waals surface area (Å²) in [6.45, 7) is 3.57. The van der Waals surface area contributed by atoms with Crippen molar-refractivity contribution in [1.82, 2.24) is 5.32 Å². The van der Waals surface area contributed by atoms with Crippen LogP contribution in [0.2, 0.25) is 0 Å². The Morgan fingerprint density at radius 1 is 1.21 bits per heavy atom. The fraction of sp³-hybridized carbons (Fsp3) is 0.278. The first-order valence-corrected chi connectivity index (χ1v) is 7.56. The van der Waals surface area contributed by atoms with Crippen LogP contribution in [0, 0.1) is 12.7 Å². The molecule has 6 heteroatoms. The quantitative estimate of drug-likeness (QED) is 0.786. The number of hydrogen-bond donors (Lipinski definition) is 3. The lowest BCUT2D eigenvalue weighted by atomic mass is 10.0. The number of aliphatic hydroxyl groups is 1. The standard InChI is InChI=1S/C18H21FN2O3/c1-11-4-9-16(24-3)15(10-11)21-18(23)20-12(2)17(22)13-5-7-14(19)8-6-13/h4-10,12,17,22H,1-3H3,(H2,20,21,23). The van der Waals surface area contributed by atoms with E-state index in [-0.39, 0.29) is 5.82 Å². The second-order valence-corrected chi connectivity index (χ2v) is 5.59. The SMILES string of the molecule is COc1ccc(C)cc1NC(=O)NC(C)C(O)c1ccc(F)cc1. The van der Waals surface area contributed by atoms with Crippen LogP contribution in [0.25, 0.3) is 0 Å². The Labute approximate surface area is 140 Å². The number of carbonyl (C=O) groups is 1. The van der Waals surface area contributed by atoms with E-state index < -0.39 is 18.2 Å². The summed E-state index contributed by atoms with van der Waals surface area (Å²) in [5.74, 6) is 0.165. The van der Waals surface area contributed by atoms with Crippen molar-refractivity contribution in [2.24, 2.45) is 0 Å². The molecule has 0 radical (unpaired) electrons. The minimum absolute atomic E-state index is 0.379. The number of nitrogens with one attached hydrogen (secondary N) is 2. The summed E-state index contributed by atoms with van der Waals surface area (Å²) < 4.78 is 18.1. The van der Waals surface area contributed by atoms with Crippen molar-refractivity contribution in [2.45, 2.75) is 26.0 Å². The Bertz CT molecular complexity index is 704. The lowest BCUT2D eigenvalue weighted by Gasteiger charge is -2.21. The maximum Gasteiger partial charge on any atom is 0.319 e. The third-order valence-electron chi connectivity index (χ3n) is 3.65. The fourth-order valence-corrected chi connectivity index (χ4v) is 2.31. The number of halogens is 1. The van der Waals surface area contributed by atoms with E-state index in [0.717, 1.165) is 5.56 Å². The minimum Gasteiger partial charge on any atom is -0.495 e. The van der Waals surface area contributed by atoms with Crippen LogP contribution in [0.1, 0.15) is 24.2 Å². The molecule has 0 aliphatic heterocycles. The molecule has 0 saturated carbocycles. The molecule has 2 aromatic rings. The minimum atomic E-state index is -0.948. The van der Waals surface area contributed by atoms with Gasteiger partial charge in [-0.05, 0) is 49.2 Å². The average molecular weight is 332 g/mol. The van der Waals surface area contributed by atoms with E-state index in [1.54, 1.807) is 19.1 Å². The third-order valence-corrected chi connectivity index (χ3v) is 3.65. The predicted molar refractivity (Wildman–Crippen MR) is 90.7 cm³/mol. The zero-order chi connectivity index (χ0) is 17.7. The van der Waals surface area contributed by atoms with Crippen LogP contribution in [0.15, 0.2) is 42.5 Å². The molecule has 0 saturated heterocycles. The molecule has 0 aliphatic carbocycles. The highest BCUT2D eigenvalue weighted by Crippen LogP contribution is 2.25. The van der Waals surface area contributed by atoms with E-state index in [4.69, 9.17) is 4.74 Å². The number of urea groups is 1. The van der Waals surface area contributed by atoms with Crippen molar-refractivity contribution >= 4 is 11.7 Å². The lowest BCUT2D eigenvalue weighted by molar-refractivity contribution is 0.139. The maximum atomic E-state index is 12.9. The molecule has 128 valence electrons. The molecule has 2 rings (SSSR count). The molecule has 0 aliphatic rings. The maximum absolute atomic E-state index is 12.9. The van der Waals surface area contributed by atoms with Crippen molar-refractivity contribution in [2.75, 3.05) is 12.4 Å². The summed E-state index contributed by atoms with van der Waals surface area (Å²) in [7, 11) is 1.52. The van der Waals surface area contributed by atoms with Gasteiger partial charge in [-0.3, -0.25) is 0 Å². The van der Waals surface area contributed by atoms with E-state index in [2.05, 4.69) is 10.6 Å². The Morgan fingerprint density at radius 3 is 2.50 bits per heavy atom. The van der Waals surface area contributed by atoms with Crippen molar-refractivity contribution < 1.29 is 19.0 Å². The molecule has 24 heavy (non-hydrogen) atoms. The van der Waals surface area contributed by atoms with E-state index >= 15 is 0 Å². The highest BCUT2D eigenvalue weighted by molar-refractivity contribution is 5.91. The number of aryl methyl sites for hydroxylation is 1. The highest BCUT2D eigenvalue weighted by Gasteiger charge is 2.19. The van der Waals surface area contributed by atoms with E-state index in [1.165, 1.54) is 31.4 Å². The van der Waals surface area contributed by atoms with Gasteiger partial charge < -0.3 is 20.5 Å². The van der Waals surface area contributed by atoms with Gasteiger partial charge in [0.05, 0.1) is 24.9 Å². The van der Waals surface area contributed by atoms with Crippen LogP contribution in [0.4, 0.5) is 14.9 Å². The summed E-state index contributed by atoms with van der Waals surface area (Å²) in [4.78, 5) is 12.1. The van der Waals surface area contributed by atoms with Gasteiger partial charge in [-0.2, -0.15) is 0 Å². The van der Waals surface area contributed by atoms with Crippen molar-refractivity contribution in [3.8, 4) is 5.75 Å². The van der Waals surface area contributed by atoms with E-state index in [1.807, 2.05) is 13.0 Å². The van der Waals surface area contributed by atoms with E-state index in [9.17, 15) is 14.3 Å². The molecule has 3 N–H and O–H groups in total. The molecule has 2 atom stereocenters. The molecule has 0 fully saturated rings. The number of anilines is 1. The monoisotopic (exact) mass is 332 g/mol. The van der Waals surface area contributed by atoms with Gasteiger partial charge in [0, 0.05) is 0 Å². The Morgan fingerprint density at radius 2 is 1.88 bits per heavy atom. The molecule has 0 heterocycles. The molecule has 0 bridgehead atoms. The molecule has 0 aromatic heterocycles. The zero-order valence-electron chi connectivity index (χ0n) is 13.8. The van der Waals surface area contributed by atoms with Gasteiger partial charge >= 0.3 is 6.03 Å². The van der Waals surface area contributed by atoms with Crippen molar-refractivity contribution in [1.29, 1.82) is 0 Å². The van der Waals surface area contributed by atoms with Gasteiger partial charge in [-0.1, -0.05) is 18.2 Å². The Kier molecular flexibility index (Phi) is 5.76. The van der Waals surface area contributed by atoms with Crippen LogP contribution in [-0.2, 0) is 0 Å². The van der Waals surface area contributed by atoms with Crippen molar-refractivity contribution in [3.05, 3.63) is 59.4 Å². The number of aliphatic hydroxyl groups excluding tert-OH is 1. The van der Waals surface area contributed by atoms with Crippen LogP contribution in [0.5, 0.6) is 5.75 Å². The second kappa shape index (κ2) is 7.79. The molecule has 5 nitrogen and oxygen atoms in total. The summed E-state index contributed by atoms with van der Waals surface area (Å²) in [6.07, 6.45) is -0.948. The largest absolute Gasteiger partial charge is 0.495 e. The first kappa shape index (κ1) is 17.7. The number of ether oxygens (including phenoxy) is 1. The third kappa shape index (κ3) is 4.45. The van der Waals surface area contributed by atoms with Crippen LogP contribution >= 0.6 is 0 Å². The molecule has 2 aromatic carbocycles. The summed E-state index contributed by atoms with van der Waals surface area (Å²) in [5, 5.41) is 15.6. The van der Waals surface area contributed by atoms with E-state index in [0.29, 0.717) is 17.0 Å². The molecular formula is C18H21FN2O3. The molecular weight excluding hydrogens is 311 g/mol. The summed E-state index contributed by atoms with van der Waals surface area (Å²) in [5.41, 5.74) is 2.04. The van der Waals surface area contributed by atoms with Crippen LogP contribution < -0.4 is 15.4 Å². The van der Waals surface area contributed by atoms with Crippen LogP contribution in [-0.4, -0.2) is 24.3 Å². The number of rotatable bonds is 5. The van der Waals surface area contributed by atoms with Crippen LogP contribution in [0.3, 0.4) is 0 Å². The Balaban J connectivity index is 2.01. The van der Waals surface area contributed by atoms with Gasteiger partial charge in [-0.15, -0.1) is 0 Å². The number of methoxy groups -OCH3 is 1. The smallest absolute Gasteiger partial charge is 0.319 e. The number of amides is 2. The van der Waals surface area contributed by atoms with Gasteiger partial charge in [0.15, 0.2) is 0 Å². The zero-order valence-corrected chi connectivity index (χ0v) is 13.8. The molecule has 2 amide bonds. The number of benzene rings is 2. The predicted octanol–water partition coefficient (Wildman–Crippen LogP) is 3.39. The average Bonchev–Trinajstić information content (AvgIpc) is 2.55. The topological polar surface area (TPSA) is 70.6 Å². The number of hydrogen-bond acceptors (Lipinski definition) is 3. The van der Waals surface area contributed by atoms with Gasteiger partial charge in [0.1, 0.15) is 11.6 Å². The van der Waals surface area contributed by atoms with Gasteiger partial charge in [0.2, 0.25) is 0 Å². The molecule has 0 spiro atoms. The van der Waals surface area contributed by atoms with Gasteiger partial charge in [-0.25, -0.2) is 9.18 Å². The van der Waals surface area contributed by atoms with Gasteiger partial charge in [0.25, 0.3) is 0 Å². The highest BCUT2D eigenvalue weighted by atomic mass is 19.1. The second-order valence-electron chi connectivity index (χ2n) is 5.59. The molecule has 2 unspecified atom stereocenters. The lowest BCUT2D eigenvalue weighted by Crippen LogP contribution is -2.39. The summed E-state index contributed by atoms with van der Waals surface area (Å²) in [6, 6.07) is 9.91. The Hall–Kier alpha value is -2.60. The fourth-order valence-electron chi connectivity index (χ4n) is 2.31. The summed E-state index contributed by atoms with van der Waals surface area (Å²) >= 11 is 0. The first-order chi connectivity index (χ1) is 11.4. The first-order valence-electron chi connectivity index (χ1n) is 7.56. The number of carbonyl (C=O) groups excluding carboxylic acids is 1. The van der Waals surface area contributed by atoms with Crippen molar-refractivity contribution in [3.63, 3.8) is 0 Å². The normalized spacial score (nSPS) is 13.0.